The highest BCUT2D eigenvalue weighted by atomic mass is 19.1. The number of nitrogens with one attached hydrogen (secondary N) is 2. The number of carbonyl (C=O) groups is 1. The van der Waals surface area contributed by atoms with Crippen molar-refractivity contribution in [1.82, 2.24) is 14.8 Å². The second-order valence-corrected chi connectivity index (χ2v) is 6.15. The minimum Gasteiger partial charge on any atom is -0.438 e. The SMILES string of the molecule is O=C(Nc1ccc(Oc2ccc(-n3cccc3)nn2)cc1)Nc1ccc(F)cc1F. The average molecular weight is 407 g/mol. The fourth-order valence-corrected chi connectivity index (χ4v) is 2.59. The number of halogens is 2. The van der Waals surface area contributed by atoms with Crippen LogP contribution in [0.3, 0.4) is 0 Å². The van der Waals surface area contributed by atoms with Crippen LogP contribution in [-0.2, 0) is 0 Å². The molecule has 0 unspecified atom stereocenters. The molecule has 4 aromatic rings. The molecular formula is C21H15F2N5O2. The highest BCUT2D eigenvalue weighted by Gasteiger charge is 2.09. The number of rotatable bonds is 5. The van der Waals surface area contributed by atoms with Crippen LogP contribution < -0.4 is 15.4 Å². The van der Waals surface area contributed by atoms with Gasteiger partial charge < -0.3 is 19.9 Å². The van der Waals surface area contributed by atoms with Crippen LogP contribution in [0, 0.1) is 11.6 Å². The number of ether oxygens (including phenoxy) is 1. The fourth-order valence-electron chi connectivity index (χ4n) is 2.59. The molecule has 0 bridgehead atoms. The van der Waals surface area contributed by atoms with Crippen molar-refractivity contribution in [2.45, 2.75) is 0 Å². The molecule has 9 heteroatoms. The van der Waals surface area contributed by atoms with Crippen molar-refractivity contribution in [2.75, 3.05) is 10.6 Å². The van der Waals surface area contributed by atoms with Gasteiger partial charge in [-0.2, -0.15) is 0 Å². The van der Waals surface area contributed by atoms with Crippen LogP contribution >= 0.6 is 0 Å². The predicted molar refractivity (Wildman–Crippen MR) is 107 cm³/mol. The smallest absolute Gasteiger partial charge is 0.323 e. The molecule has 0 fully saturated rings. The quantitative estimate of drug-likeness (QED) is 0.489. The first kappa shape index (κ1) is 19.1. The van der Waals surface area contributed by atoms with E-state index in [1.807, 2.05) is 29.1 Å². The van der Waals surface area contributed by atoms with Crippen LogP contribution in [0.15, 0.2) is 79.1 Å². The minimum atomic E-state index is -0.863. The number of amides is 2. The largest absolute Gasteiger partial charge is 0.438 e. The van der Waals surface area contributed by atoms with Crippen molar-refractivity contribution in [3.05, 3.63) is 90.8 Å². The molecular weight excluding hydrogens is 392 g/mol. The molecule has 0 atom stereocenters. The Labute approximate surface area is 170 Å². The van der Waals surface area contributed by atoms with Crippen molar-refractivity contribution >= 4 is 17.4 Å². The molecule has 0 aliphatic carbocycles. The van der Waals surface area contributed by atoms with E-state index in [2.05, 4.69) is 20.8 Å². The van der Waals surface area contributed by atoms with E-state index in [0.717, 1.165) is 12.1 Å². The van der Waals surface area contributed by atoms with E-state index < -0.39 is 17.7 Å². The standard InChI is InChI=1S/C21H15F2N5O2/c22-14-3-8-18(17(23)13-14)25-21(29)24-15-4-6-16(7-5-15)30-20-10-9-19(26-27-20)28-11-1-2-12-28/h1-13H,(H2,24,25,29). The number of hydrogen-bond donors (Lipinski definition) is 2. The lowest BCUT2D eigenvalue weighted by molar-refractivity contribution is 0.262. The van der Waals surface area contributed by atoms with Gasteiger partial charge in [0, 0.05) is 30.2 Å². The van der Waals surface area contributed by atoms with Crippen LogP contribution in [0.4, 0.5) is 25.0 Å². The number of carbonyl (C=O) groups excluding carboxylic acids is 1. The van der Waals surface area contributed by atoms with E-state index in [4.69, 9.17) is 4.74 Å². The first-order valence-corrected chi connectivity index (χ1v) is 8.85. The second-order valence-electron chi connectivity index (χ2n) is 6.15. The van der Waals surface area contributed by atoms with E-state index in [1.54, 1.807) is 36.4 Å². The summed E-state index contributed by atoms with van der Waals surface area (Å²) in [5, 5.41) is 13.0. The molecule has 4 rings (SSSR count). The number of anilines is 2. The van der Waals surface area contributed by atoms with Gasteiger partial charge in [-0.3, -0.25) is 0 Å². The Balaban J connectivity index is 1.35. The summed E-state index contributed by atoms with van der Waals surface area (Å²) in [6.07, 6.45) is 3.72. The number of benzene rings is 2. The highest BCUT2D eigenvalue weighted by Crippen LogP contribution is 2.22. The molecule has 0 aliphatic heterocycles. The summed E-state index contributed by atoms with van der Waals surface area (Å²) < 4.78 is 34.0. The number of aromatic nitrogens is 3. The molecule has 2 N–H and O–H groups in total. The first-order chi connectivity index (χ1) is 14.6. The van der Waals surface area contributed by atoms with E-state index in [-0.39, 0.29) is 5.69 Å². The Morgan fingerprint density at radius 2 is 1.67 bits per heavy atom. The van der Waals surface area contributed by atoms with E-state index in [0.29, 0.717) is 29.2 Å². The molecule has 2 heterocycles. The topological polar surface area (TPSA) is 81.1 Å². The van der Waals surface area contributed by atoms with Crippen LogP contribution in [-0.4, -0.2) is 20.8 Å². The van der Waals surface area contributed by atoms with Crippen molar-refractivity contribution in [3.8, 4) is 17.4 Å². The maximum atomic E-state index is 13.6. The third kappa shape index (κ3) is 4.58. The zero-order chi connectivity index (χ0) is 20.9. The zero-order valence-corrected chi connectivity index (χ0v) is 15.4. The van der Waals surface area contributed by atoms with Gasteiger partial charge in [0.2, 0.25) is 5.88 Å². The van der Waals surface area contributed by atoms with Gasteiger partial charge in [0.05, 0.1) is 5.69 Å². The normalized spacial score (nSPS) is 10.5. The van der Waals surface area contributed by atoms with Crippen LogP contribution in [0.2, 0.25) is 0 Å². The van der Waals surface area contributed by atoms with E-state index in [1.165, 1.54) is 0 Å². The van der Waals surface area contributed by atoms with Gasteiger partial charge in [0.1, 0.15) is 17.4 Å². The molecule has 150 valence electrons. The summed E-state index contributed by atoms with van der Waals surface area (Å²) in [4.78, 5) is 12.0. The van der Waals surface area contributed by atoms with Gasteiger partial charge in [-0.15, -0.1) is 10.2 Å². The Bertz CT molecular complexity index is 1150. The van der Waals surface area contributed by atoms with Gasteiger partial charge in [-0.25, -0.2) is 13.6 Å². The van der Waals surface area contributed by atoms with E-state index in [9.17, 15) is 13.6 Å². The third-order valence-corrected chi connectivity index (χ3v) is 4.01. The maximum absolute atomic E-state index is 13.6. The summed E-state index contributed by atoms with van der Waals surface area (Å²) >= 11 is 0. The Kier molecular flexibility index (Phi) is 5.33. The number of urea groups is 1. The maximum Gasteiger partial charge on any atom is 0.323 e. The molecule has 0 spiro atoms. The highest BCUT2D eigenvalue weighted by molar-refractivity contribution is 5.99. The summed E-state index contributed by atoms with van der Waals surface area (Å²) in [6, 6.07) is 16.0. The minimum absolute atomic E-state index is 0.129. The van der Waals surface area contributed by atoms with Crippen molar-refractivity contribution < 1.29 is 18.3 Å². The summed E-state index contributed by atoms with van der Waals surface area (Å²) in [7, 11) is 0. The van der Waals surface area contributed by atoms with Crippen LogP contribution in [0.1, 0.15) is 0 Å². The number of nitrogens with zero attached hydrogens (tertiary/aromatic N) is 3. The molecule has 7 nitrogen and oxygen atoms in total. The molecule has 0 saturated heterocycles. The summed E-state index contributed by atoms with van der Waals surface area (Å²) in [5.41, 5.74) is 0.326. The van der Waals surface area contributed by atoms with Gasteiger partial charge in [0.15, 0.2) is 5.82 Å². The lowest BCUT2D eigenvalue weighted by Crippen LogP contribution is -2.20. The van der Waals surface area contributed by atoms with Crippen molar-refractivity contribution in [2.24, 2.45) is 0 Å². The van der Waals surface area contributed by atoms with Crippen molar-refractivity contribution in [1.29, 1.82) is 0 Å². The first-order valence-electron chi connectivity index (χ1n) is 8.85. The number of hydrogen-bond acceptors (Lipinski definition) is 4. The monoisotopic (exact) mass is 407 g/mol. The van der Waals surface area contributed by atoms with Crippen LogP contribution in [0.5, 0.6) is 11.6 Å². The molecule has 2 aromatic heterocycles. The molecule has 30 heavy (non-hydrogen) atoms. The fraction of sp³-hybridized carbons (Fsp3) is 0. The Hall–Kier alpha value is -4.27. The summed E-state index contributed by atoms with van der Waals surface area (Å²) in [5.74, 6) is -0.115. The lowest BCUT2D eigenvalue weighted by atomic mass is 10.3. The van der Waals surface area contributed by atoms with Crippen LogP contribution in [0.25, 0.3) is 5.82 Å². The molecule has 0 radical (unpaired) electrons. The van der Waals surface area contributed by atoms with Gasteiger partial charge in [0.25, 0.3) is 0 Å². The summed E-state index contributed by atoms with van der Waals surface area (Å²) in [6.45, 7) is 0. The predicted octanol–water partition coefficient (Wildman–Crippen LogP) is 4.98. The molecule has 2 amide bonds. The zero-order valence-electron chi connectivity index (χ0n) is 15.4. The third-order valence-electron chi connectivity index (χ3n) is 4.01. The second kappa shape index (κ2) is 8.39. The molecule has 2 aromatic carbocycles. The Morgan fingerprint density at radius 1 is 0.900 bits per heavy atom. The lowest BCUT2D eigenvalue weighted by Gasteiger charge is -2.09. The van der Waals surface area contributed by atoms with Gasteiger partial charge in [-0.05, 0) is 54.6 Å². The van der Waals surface area contributed by atoms with Gasteiger partial charge in [-0.1, -0.05) is 0 Å². The van der Waals surface area contributed by atoms with Crippen molar-refractivity contribution in [3.63, 3.8) is 0 Å². The van der Waals surface area contributed by atoms with E-state index >= 15 is 0 Å². The van der Waals surface area contributed by atoms with Gasteiger partial charge >= 0.3 is 6.03 Å². The molecule has 0 aliphatic rings. The Morgan fingerprint density at radius 3 is 2.33 bits per heavy atom. The molecule has 0 saturated carbocycles. The average Bonchev–Trinajstić information content (AvgIpc) is 3.27.